The van der Waals surface area contributed by atoms with Crippen molar-refractivity contribution in [3.8, 4) is 0 Å². The number of carbonyl (C=O) groups is 1. The lowest BCUT2D eigenvalue weighted by atomic mass is 9.88. The van der Waals surface area contributed by atoms with E-state index in [1.165, 1.54) is 0 Å². The molecule has 1 saturated heterocycles. The third-order valence-electron chi connectivity index (χ3n) is 4.92. The molecule has 3 heteroatoms. The van der Waals surface area contributed by atoms with Crippen molar-refractivity contribution in [1.29, 1.82) is 0 Å². The standard InChI is InChI=1S/C20H23NO2/c1-20(2)17(22)13-14-21(20)19(23)18(15-9-5-3-6-10-15)16-11-7-4-8-12-16/h3-12,17-18,22H,13-14H2,1-2H3. The Bertz CT molecular complexity index is 627. The third kappa shape index (κ3) is 2.89. The maximum atomic E-state index is 13.3. The molecule has 0 aromatic heterocycles. The van der Waals surface area contributed by atoms with Crippen molar-refractivity contribution in [1.82, 2.24) is 4.90 Å². The minimum atomic E-state index is -0.529. The predicted octanol–water partition coefficient (Wildman–Crippen LogP) is 3.19. The molecular weight excluding hydrogens is 286 g/mol. The molecule has 120 valence electrons. The lowest BCUT2D eigenvalue weighted by molar-refractivity contribution is -0.136. The van der Waals surface area contributed by atoms with Crippen molar-refractivity contribution >= 4 is 5.91 Å². The average molecular weight is 309 g/mol. The van der Waals surface area contributed by atoms with Crippen LogP contribution in [-0.2, 0) is 4.79 Å². The molecule has 3 nitrogen and oxygen atoms in total. The maximum Gasteiger partial charge on any atom is 0.235 e. The molecule has 0 bridgehead atoms. The Morgan fingerprint density at radius 2 is 1.52 bits per heavy atom. The maximum absolute atomic E-state index is 13.3. The van der Waals surface area contributed by atoms with Gasteiger partial charge in [-0.15, -0.1) is 0 Å². The molecule has 2 aromatic carbocycles. The highest BCUT2D eigenvalue weighted by atomic mass is 16.3. The second kappa shape index (κ2) is 6.17. The largest absolute Gasteiger partial charge is 0.391 e. The van der Waals surface area contributed by atoms with E-state index in [0.29, 0.717) is 13.0 Å². The minimum absolute atomic E-state index is 0.0592. The van der Waals surface area contributed by atoms with Gasteiger partial charge < -0.3 is 10.0 Å². The topological polar surface area (TPSA) is 40.5 Å². The Morgan fingerprint density at radius 3 is 1.91 bits per heavy atom. The fourth-order valence-electron chi connectivity index (χ4n) is 3.39. The minimum Gasteiger partial charge on any atom is -0.391 e. The van der Waals surface area contributed by atoms with Crippen LogP contribution in [0.2, 0.25) is 0 Å². The van der Waals surface area contributed by atoms with E-state index >= 15 is 0 Å². The van der Waals surface area contributed by atoms with Crippen LogP contribution >= 0.6 is 0 Å². The van der Waals surface area contributed by atoms with Crippen LogP contribution in [0.4, 0.5) is 0 Å². The fraction of sp³-hybridized carbons (Fsp3) is 0.350. The van der Waals surface area contributed by atoms with E-state index in [1.54, 1.807) is 0 Å². The lowest BCUT2D eigenvalue weighted by Gasteiger charge is -2.36. The van der Waals surface area contributed by atoms with E-state index in [-0.39, 0.29) is 11.8 Å². The van der Waals surface area contributed by atoms with Gasteiger partial charge in [0.15, 0.2) is 0 Å². The van der Waals surface area contributed by atoms with Crippen molar-refractivity contribution < 1.29 is 9.90 Å². The van der Waals surface area contributed by atoms with Crippen molar-refractivity contribution in [2.75, 3.05) is 6.54 Å². The number of rotatable bonds is 3. The Labute approximate surface area is 137 Å². The summed E-state index contributed by atoms with van der Waals surface area (Å²) in [6.45, 7) is 4.48. The summed E-state index contributed by atoms with van der Waals surface area (Å²) >= 11 is 0. The summed E-state index contributed by atoms with van der Waals surface area (Å²) in [4.78, 5) is 15.2. The first-order valence-electron chi connectivity index (χ1n) is 8.11. The van der Waals surface area contributed by atoms with Gasteiger partial charge in [-0.25, -0.2) is 0 Å². The molecular formula is C20H23NO2. The molecule has 1 atom stereocenters. The first kappa shape index (κ1) is 15.8. The molecule has 1 unspecified atom stereocenters. The van der Waals surface area contributed by atoms with Crippen molar-refractivity contribution in [3.05, 3.63) is 71.8 Å². The van der Waals surface area contributed by atoms with Gasteiger partial charge >= 0.3 is 0 Å². The monoisotopic (exact) mass is 309 g/mol. The second-order valence-corrected chi connectivity index (χ2v) is 6.70. The third-order valence-corrected chi connectivity index (χ3v) is 4.92. The second-order valence-electron chi connectivity index (χ2n) is 6.70. The Balaban J connectivity index is 2.01. The number of likely N-dealkylation sites (tertiary alicyclic amines) is 1. The van der Waals surface area contributed by atoms with Gasteiger partial charge in [-0.1, -0.05) is 60.7 Å². The van der Waals surface area contributed by atoms with E-state index < -0.39 is 11.6 Å². The number of amides is 1. The van der Waals surface area contributed by atoms with Crippen molar-refractivity contribution in [3.63, 3.8) is 0 Å². The van der Waals surface area contributed by atoms with Crippen LogP contribution in [0.3, 0.4) is 0 Å². The summed E-state index contributed by atoms with van der Waals surface area (Å²) in [7, 11) is 0. The summed E-state index contributed by atoms with van der Waals surface area (Å²) in [5.41, 5.74) is 1.44. The van der Waals surface area contributed by atoms with E-state index in [2.05, 4.69) is 0 Å². The normalized spacial score (nSPS) is 20.0. The van der Waals surface area contributed by atoms with Crippen LogP contribution in [0.5, 0.6) is 0 Å². The predicted molar refractivity (Wildman–Crippen MR) is 91.1 cm³/mol. The molecule has 23 heavy (non-hydrogen) atoms. The number of aliphatic hydroxyl groups is 1. The summed E-state index contributed by atoms with van der Waals surface area (Å²) in [6, 6.07) is 19.7. The van der Waals surface area contributed by atoms with Crippen LogP contribution in [0.1, 0.15) is 37.3 Å². The quantitative estimate of drug-likeness (QED) is 0.946. The Morgan fingerprint density at radius 1 is 1.04 bits per heavy atom. The number of benzene rings is 2. The van der Waals surface area contributed by atoms with Crippen LogP contribution in [0.25, 0.3) is 0 Å². The SMILES string of the molecule is CC1(C)C(O)CCN1C(=O)C(c1ccccc1)c1ccccc1. The first-order chi connectivity index (χ1) is 11.0. The van der Waals surface area contributed by atoms with Crippen molar-refractivity contribution in [2.24, 2.45) is 0 Å². The number of nitrogens with zero attached hydrogens (tertiary/aromatic N) is 1. The number of hydrogen-bond donors (Lipinski definition) is 1. The highest BCUT2D eigenvalue weighted by molar-refractivity contribution is 5.88. The smallest absolute Gasteiger partial charge is 0.235 e. The van der Waals surface area contributed by atoms with Gasteiger partial charge in [0.25, 0.3) is 0 Å². The van der Waals surface area contributed by atoms with Crippen LogP contribution in [0, 0.1) is 0 Å². The lowest BCUT2D eigenvalue weighted by Crippen LogP contribution is -2.49. The first-order valence-corrected chi connectivity index (χ1v) is 8.11. The Kier molecular flexibility index (Phi) is 4.22. The van der Waals surface area contributed by atoms with Gasteiger partial charge in [0, 0.05) is 6.54 Å². The number of aliphatic hydroxyl groups excluding tert-OH is 1. The van der Waals surface area contributed by atoms with Gasteiger partial charge in [-0.05, 0) is 31.4 Å². The zero-order chi connectivity index (χ0) is 16.4. The highest BCUT2D eigenvalue weighted by Gasteiger charge is 2.45. The molecule has 1 fully saturated rings. The van der Waals surface area contributed by atoms with Gasteiger partial charge in [0.2, 0.25) is 5.91 Å². The molecule has 0 aliphatic carbocycles. The molecule has 1 aliphatic rings. The van der Waals surface area contributed by atoms with Crippen LogP contribution in [-0.4, -0.2) is 34.1 Å². The van der Waals surface area contributed by atoms with Crippen molar-refractivity contribution in [2.45, 2.75) is 37.8 Å². The molecule has 0 saturated carbocycles. The molecule has 1 amide bonds. The average Bonchev–Trinajstić information content (AvgIpc) is 2.83. The molecule has 2 aromatic rings. The van der Waals surface area contributed by atoms with Gasteiger partial charge in [0.05, 0.1) is 17.6 Å². The molecule has 0 spiro atoms. The molecule has 3 rings (SSSR count). The molecule has 1 aliphatic heterocycles. The summed E-state index contributed by atoms with van der Waals surface area (Å²) in [6.07, 6.45) is 0.160. The Hall–Kier alpha value is -2.13. The fourth-order valence-corrected chi connectivity index (χ4v) is 3.39. The van der Waals surface area contributed by atoms with Crippen LogP contribution in [0.15, 0.2) is 60.7 Å². The number of hydrogen-bond acceptors (Lipinski definition) is 2. The molecule has 1 heterocycles. The number of carbonyl (C=O) groups excluding carboxylic acids is 1. The van der Waals surface area contributed by atoms with Crippen LogP contribution < -0.4 is 0 Å². The van der Waals surface area contributed by atoms with E-state index in [4.69, 9.17) is 0 Å². The van der Waals surface area contributed by atoms with E-state index in [1.807, 2.05) is 79.4 Å². The van der Waals surface area contributed by atoms with Gasteiger partial charge in [0.1, 0.15) is 0 Å². The molecule has 1 N–H and O–H groups in total. The summed E-state index contributed by atoms with van der Waals surface area (Å²) in [5, 5.41) is 10.2. The zero-order valence-electron chi connectivity index (χ0n) is 13.6. The van der Waals surface area contributed by atoms with Gasteiger partial charge in [-0.2, -0.15) is 0 Å². The highest BCUT2D eigenvalue weighted by Crippen LogP contribution is 2.35. The summed E-state index contributed by atoms with van der Waals surface area (Å²) in [5.74, 6) is -0.272. The summed E-state index contributed by atoms with van der Waals surface area (Å²) < 4.78 is 0. The van der Waals surface area contributed by atoms with E-state index in [9.17, 15) is 9.90 Å². The van der Waals surface area contributed by atoms with Gasteiger partial charge in [-0.3, -0.25) is 4.79 Å². The molecule has 0 radical (unpaired) electrons. The zero-order valence-corrected chi connectivity index (χ0v) is 13.6. The van der Waals surface area contributed by atoms with E-state index in [0.717, 1.165) is 11.1 Å².